The highest BCUT2D eigenvalue weighted by atomic mass is 32.2. The smallest absolute Gasteiger partial charge is 0.272 e. The van der Waals surface area contributed by atoms with Gasteiger partial charge in [0.25, 0.3) is 5.56 Å². The molecule has 3 heterocycles. The van der Waals surface area contributed by atoms with Crippen molar-refractivity contribution < 1.29 is 4.39 Å². The van der Waals surface area contributed by atoms with Gasteiger partial charge in [0, 0.05) is 12.3 Å². The van der Waals surface area contributed by atoms with Crippen molar-refractivity contribution in [3.63, 3.8) is 0 Å². The van der Waals surface area contributed by atoms with Crippen LogP contribution in [0.1, 0.15) is 24.0 Å². The van der Waals surface area contributed by atoms with Crippen LogP contribution in [0.5, 0.6) is 0 Å². The molecule has 0 amide bonds. The van der Waals surface area contributed by atoms with Gasteiger partial charge in [0.05, 0.1) is 5.52 Å². The predicted molar refractivity (Wildman–Crippen MR) is 123 cm³/mol. The molecule has 5 aromatic rings. The predicted octanol–water partition coefficient (Wildman–Crippen LogP) is 5.34. The van der Waals surface area contributed by atoms with E-state index in [9.17, 15) is 9.18 Å². The Labute approximate surface area is 186 Å². The number of aromatic nitrogens is 4. The number of benzene rings is 2. The third-order valence-corrected chi connectivity index (χ3v) is 7.16. The summed E-state index contributed by atoms with van der Waals surface area (Å²) in [5.74, 6) is 0.970. The molecule has 0 aliphatic rings. The largest absolute Gasteiger partial charge is 0.275 e. The molecule has 0 fully saturated rings. The second kappa shape index (κ2) is 8.28. The van der Waals surface area contributed by atoms with E-state index in [4.69, 9.17) is 0 Å². The van der Waals surface area contributed by atoms with Crippen LogP contribution in [0.4, 0.5) is 4.39 Å². The van der Waals surface area contributed by atoms with Crippen molar-refractivity contribution in [3.8, 4) is 0 Å². The van der Waals surface area contributed by atoms with Crippen molar-refractivity contribution in [2.45, 2.75) is 30.3 Å². The summed E-state index contributed by atoms with van der Waals surface area (Å²) >= 11 is 2.90. The standard InChI is InChI=1S/C23H19FN4OS2/c1-15(17-7-3-2-4-8-17)13-27-21(29)20-19(10-11-30-20)28-22(27)25-26-23(28)31-14-16-6-5-9-18(24)12-16/h2-12,15H,13-14H2,1H3/t15-/m1/s1. The van der Waals surface area contributed by atoms with Gasteiger partial charge in [-0.1, -0.05) is 61.2 Å². The fraction of sp³-hybridized carbons (Fsp3) is 0.174. The summed E-state index contributed by atoms with van der Waals surface area (Å²) < 4.78 is 17.9. The van der Waals surface area contributed by atoms with E-state index >= 15 is 0 Å². The van der Waals surface area contributed by atoms with Gasteiger partial charge in [-0.25, -0.2) is 4.39 Å². The topological polar surface area (TPSA) is 52.2 Å². The van der Waals surface area contributed by atoms with E-state index in [2.05, 4.69) is 29.3 Å². The molecule has 156 valence electrons. The third kappa shape index (κ3) is 3.77. The van der Waals surface area contributed by atoms with Crippen LogP contribution in [0.15, 0.2) is 76.0 Å². The zero-order valence-electron chi connectivity index (χ0n) is 16.7. The van der Waals surface area contributed by atoms with Crippen molar-refractivity contribution >= 4 is 39.1 Å². The summed E-state index contributed by atoms with van der Waals surface area (Å²) in [4.78, 5) is 13.2. The minimum atomic E-state index is -0.256. The Morgan fingerprint density at radius 3 is 2.74 bits per heavy atom. The lowest BCUT2D eigenvalue weighted by Crippen LogP contribution is -2.24. The van der Waals surface area contributed by atoms with E-state index < -0.39 is 0 Å². The molecule has 0 bridgehead atoms. The molecule has 0 spiro atoms. The number of thioether (sulfide) groups is 1. The number of nitrogens with zero attached hydrogens (tertiary/aromatic N) is 4. The zero-order chi connectivity index (χ0) is 21.4. The maximum atomic E-state index is 13.5. The maximum absolute atomic E-state index is 13.5. The Morgan fingerprint density at radius 2 is 1.94 bits per heavy atom. The number of halogens is 1. The zero-order valence-corrected chi connectivity index (χ0v) is 18.4. The molecule has 0 saturated heterocycles. The van der Waals surface area contributed by atoms with Crippen LogP contribution in [0.3, 0.4) is 0 Å². The molecule has 31 heavy (non-hydrogen) atoms. The molecule has 0 unspecified atom stereocenters. The van der Waals surface area contributed by atoms with Gasteiger partial charge in [-0.15, -0.1) is 21.5 Å². The van der Waals surface area contributed by atoms with Crippen molar-refractivity contribution in [2.75, 3.05) is 0 Å². The highest BCUT2D eigenvalue weighted by Gasteiger charge is 2.19. The molecule has 5 rings (SSSR count). The summed E-state index contributed by atoms with van der Waals surface area (Å²) in [5.41, 5.74) is 2.79. The minimum absolute atomic E-state index is 0.0469. The molecule has 0 N–H and O–H groups in total. The molecular weight excluding hydrogens is 431 g/mol. The van der Waals surface area contributed by atoms with Gasteiger partial charge >= 0.3 is 0 Å². The van der Waals surface area contributed by atoms with Gasteiger partial charge in [0.15, 0.2) is 5.16 Å². The minimum Gasteiger partial charge on any atom is -0.275 e. The summed E-state index contributed by atoms with van der Waals surface area (Å²) in [6.07, 6.45) is 0. The molecule has 1 atom stereocenters. The van der Waals surface area contributed by atoms with Crippen LogP contribution < -0.4 is 5.56 Å². The van der Waals surface area contributed by atoms with Gasteiger partial charge in [-0.3, -0.25) is 13.8 Å². The van der Waals surface area contributed by atoms with Crippen LogP contribution >= 0.6 is 23.1 Å². The molecule has 0 saturated carbocycles. The first-order valence-corrected chi connectivity index (χ1v) is 11.8. The molecule has 5 nitrogen and oxygen atoms in total. The average Bonchev–Trinajstić information content (AvgIpc) is 3.43. The first-order chi connectivity index (χ1) is 15.1. The monoisotopic (exact) mass is 450 g/mol. The Bertz CT molecular complexity index is 1420. The van der Waals surface area contributed by atoms with Crippen LogP contribution in [0.25, 0.3) is 16.0 Å². The molecular formula is C23H19FN4OS2. The van der Waals surface area contributed by atoms with E-state index in [1.54, 1.807) is 10.6 Å². The van der Waals surface area contributed by atoms with Gasteiger partial charge in [-0.2, -0.15) is 0 Å². The van der Waals surface area contributed by atoms with Gasteiger partial charge < -0.3 is 0 Å². The highest BCUT2D eigenvalue weighted by molar-refractivity contribution is 7.98. The van der Waals surface area contributed by atoms with Gasteiger partial charge in [-0.05, 0) is 40.6 Å². The Kier molecular flexibility index (Phi) is 5.33. The summed E-state index contributed by atoms with van der Waals surface area (Å²) in [6, 6.07) is 18.6. The summed E-state index contributed by atoms with van der Waals surface area (Å²) in [6.45, 7) is 2.61. The second-order valence-corrected chi connectivity index (χ2v) is 9.26. The van der Waals surface area contributed by atoms with E-state index in [0.717, 1.165) is 11.1 Å². The molecule has 3 aromatic heterocycles. The third-order valence-electron chi connectivity index (χ3n) is 5.26. The van der Waals surface area contributed by atoms with Crippen molar-refractivity contribution in [1.82, 2.24) is 19.2 Å². The summed E-state index contributed by atoms with van der Waals surface area (Å²) in [5, 5.41) is 11.3. The first kappa shape index (κ1) is 20.0. The Balaban J connectivity index is 1.56. The lowest BCUT2D eigenvalue weighted by Gasteiger charge is -2.15. The quantitative estimate of drug-likeness (QED) is 0.328. The number of rotatable bonds is 6. The van der Waals surface area contributed by atoms with Gasteiger partial charge in [0.2, 0.25) is 5.78 Å². The van der Waals surface area contributed by atoms with Crippen LogP contribution in [0, 0.1) is 5.82 Å². The SMILES string of the molecule is C[C@H](Cn1c(=O)c2sccc2n2c(SCc3cccc(F)c3)nnc12)c1ccccc1. The molecule has 0 aliphatic heterocycles. The fourth-order valence-electron chi connectivity index (χ4n) is 3.69. The summed E-state index contributed by atoms with van der Waals surface area (Å²) in [7, 11) is 0. The van der Waals surface area contributed by atoms with Crippen molar-refractivity contribution in [1.29, 1.82) is 0 Å². The number of thiophene rings is 1. The average molecular weight is 451 g/mol. The van der Waals surface area contributed by atoms with Crippen molar-refractivity contribution in [2.24, 2.45) is 0 Å². The molecule has 0 aliphatic carbocycles. The van der Waals surface area contributed by atoms with E-state index in [1.807, 2.05) is 40.1 Å². The molecule has 8 heteroatoms. The van der Waals surface area contributed by atoms with E-state index in [1.165, 1.54) is 40.8 Å². The van der Waals surface area contributed by atoms with Crippen LogP contribution in [0.2, 0.25) is 0 Å². The fourth-order valence-corrected chi connectivity index (χ4v) is 5.40. The second-order valence-electron chi connectivity index (χ2n) is 7.40. The normalized spacial score (nSPS) is 12.6. The molecule has 0 radical (unpaired) electrons. The first-order valence-electron chi connectivity index (χ1n) is 9.89. The molecule has 2 aromatic carbocycles. The Hall–Kier alpha value is -2.97. The number of hydrogen-bond acceptors (Lipinski definition) is 5. The lowest BCUT2D eigenvalue weighted by atomic mass is 10.0. The van der Waals surface area contributed by atoms with Crippen molar-refractivity contribution in [3.05, 3.63) is 93.3 Å². The highest BCUT2D eigenvalue weighted by Crippen LogP contribution is 2.27. The van der Waals surface area contributed by atoms with E-state index in [-0.39, 0.29) is 17.3 Å². The Morgan fingerprint density at radius 1 is 1.10 bits per heavy atom. The lowest BCUT2D eigenvalue weighted by molar-refractivity contribution is 0.588. The van der Waals surface area contributed by atoms with Crippen LogP contribution in [-0.2, 0) is 12.3 Å². The number of hydrogen-bond donors (Lipinski definition) is 0. The van der Waals surface area contributed by atoms with Crippen LogP contribution in [-0.4, -0.2) is 19.2 Å². The maximum Gasteiger partial charge on any atom is 0.272 e. The van der Waals surface area contributed by atoms with Gasteiger partial charge in [0.1, 0.15) is 10.5 Å². The van der Waals surface area contributed by atoms with E-state index in [0.29, 0.717) is 27.9 Å². The number of fused-ring (bicyclic) bond motifs is 3.